The second kappa shape index (κ2) is 8.31. The number of ether oxygens (including phenoxy) is 2. The standard InChI is InChI=1S/C23H33N3O5/c1-22(2,3)31-21(28)25-8-6-23(7-9-25)13-18(23)20(27)26-10-11-30-19-12-16(14-24-29)4-5-17(19)15-26/h4-5,12,18,24,29H,6-11,13-15H2,1-3H3. The van der Waals surface area contributed by atoms with Gasteiger partial charge in [0.25, 0.3) is 0 Å². The third-order valence-electron chi connectivity index (χ3n) is 6.61. The molecule has 1 aliphatic carbocycles. The maximum atomic E-state index is 13.3. The van der Waals surface area contributed by atoms with Crippen molar-refractivity contribution in [1.29, 1.82) is 0 Å². The van der Waals surface area contributed by atoms with Crippen LogP contribution >= 0.6 is 0 Å². The maximum absolute atomic E-state index is 13.3. The van der Waals surface area contributed by atoms with Crippen LogP contribution in [0.1, 0.15) is 51.2 Å². The Hall–Kier alpha value is -2.32. The third-order valence-corrected chi connectivity index (χ3v) is 6.61. The van der Waals surface area contributed by atoms with Gasteiger partial charge in [0.15, 0.2) is 0 Å². The lowest BCUT2D eigenvalue weighted by molar-refractivity contribution is -0.134. The lowest BCUT2D eigenvalue weighted by Gasteiger charge is -2.34. The van der Waals surface area contributed by atoms with Crippen LogP contribution in [0.25, 0.3) is 0 Å². The van der Waals surface area contributed by atoms with Gasteiger partial charge in [0.05, 0.1) is 6.54 Å². The van der Waals surface area contributed by atoms with Gasteiger partial charge in [-0.1, -0.05) is 12.1 Å². The fourth-order valence-electron chi connectivity index (χ4n) is 4.73. The number of likely N-dealkylation sites (tertiary alicyclic amines) is 1. The van der Waals surface area contributed by atoms with Crippen molar-refractivity contribution in [3.8, 4) is 5.75 Å². The largest absolute Gasteiger partial charge is 0.491 e. The Kier molecular flexibility index (Phi) is 5.87. The summed E-state index contributed by atoms with van der Waals surface area (Å²) in [6.45, 7) is 8.83. The van der Waals surface area contributed by atoms with E-state index in [-0.39, 0.29) is 23.3 Å². The van der Waals surface area contributed by atoms with E-state index in [9.17, 15) is 9.59 Å². The van der Waals surface area contributed by atoms with E-state index in [0.717, 1.165) is 36.1 Å². The number of benzene rings is 1. The average molecular weight is 432 g/mol. The number of hydroxylamine groups is 1. The van der Waals surface area contributed by atoms with Crippen molar-refractivity contribution < 1.29 is 24.3 Å². The Morgan fingerprint density at radius 3 is 2.65 bits per heavy atom. The second-order valence-corrected chi connectivity index (χ2v) is 9.97. The molecule has 2 amide bonds. The van der Waals surface area contributed by atoms with Crippen LogP contribution in [0, 0.1) is 11.3 Å². The zero-order valence-electron chi connectivity index (χ0n) is 18.6. The van der Waals surface area contributed by atoms with Gasteiger partial charge in [0.2, 0.25) is 5.91 Å². The molecule has 1 unspecified atom stereocenters. The van der Waals surface area contributed by atoms with Crippen molar-refractivity contribution in [2.75, 3.05) is 26.2 Å². The monoisotopic (exact) mass is 431 g/mol. The quantitative estimate of drug-likeness (QED) is 0.715. The van der Waals surface area contributed by atoms with Crippen LogP contribution < -0.4 is 10.2 Å². The Balaban J connectivity index is 1.34. The van der Waals surface area contributed by atoms with Gasteiger partial charge in [-0.15, -0.1) is 0 Å². The number of nitrogens with zero attached hydrogens (tertiary/aromatic N) is 2. The fourth-order valence-corrected chi connectivity index (χ4v) is 4.73. The summed E-state index contributed by atoms with van der Waals surface area (Å²) < 4.78 is 11.4. The molecule has 0 bridgehead atoms. The van der Waals surface area contributed by atoms with E-state index in [1.807, 2.05) is 43.9 Å². The molecule has 8 nitrogen and oxygen atoms in total. The molecule has 1 spiro atoms. The first-order valence-electron chi connectivity index (χ1n) is 11.1. The van der Waals surface area contributed by atoms with Crippen LogP contribution in [-0.4, -0.2) is 58.8 Å². The van der Waals surface area contributed by atoms with Crippen LogP contribution in [-0.2, 0) is 22.6 Å². The molecule has 2 N–H and O–H groups in total. The van der Waals surface area contributed by atoms with Crippen LogP contribution in [0.15, 0.2) is 18.2 Å². The molecule has 1 saturated carbocycles. The summed E-state index contributed by atoms with van der Waals surface area (Å²) in [5.74, 6) is 1.01. The van der Waals surface area contributed by atoms with Crippen LogP contribution in [0.4, 0.5) is 4.79 Å². The average Bonchev–Trinajstić information content (AvgIpc) is 3.44. The molecule has 8 heteroatoms. The number of rotatable bonds is 3. The van der Waals surface area contributed by atoms with Crippen LogP contribution in [0.2, 0.25) is 0 Å². The molecular weight excluding hydrogens is 398 g/mol. The van der Waals surface area contributed by atoms with Gasteiger partial charge in [-0.3, -0.25) is 4.79 Å². The van der Waals surface area contributed by atoms with E-state index in [4.69, 9.17) is 14.7 Å². The van der Waals surface area contributed by atoms with E-state index < -0.39 is 5.60 Å². The number of fused-ring (bicyclic) bond motifs is 1. The second-order valence-electron chi connectivity index (χ2n) is 9.97. The summed E-state index contributed by atoms with van der Waals surface area (Å²) in [4.78, 5) is 29.3. The Morgan fingerprint density at radius 1 is 1.23 bits per heavy atom. The van der Waals surface area contributed by atoms with E-state index >= 15 is 0 Å². The van der Waals surface area contributed by atoms with Crippen LogP contribution in [0.5, 0.6) is 5.75 Å². The first-order valence-corrected chi connectivity index (χ1v) is 11.1. The Labute approximate surface area is 183 Å². The van der Waals surface area contributed by atoms with Crippen molar-refractivity contribution in [2.45, 2.75) is 58.7 Å². The van der Waals surface area contributed by atoms with Crippen LogP contribution in [0.3, 0.4) is 0 Å². The lowest BCUT2D eigenvalue weighted by atomic mass is 9.90. The molecular formula is C23H33N3O5. The van der Waals surface area contributed by atoms with Crippen molar-refractivity contribution in [2.24, 2.45) is 11.3 Å². The first kappa shape index (κ1) is 21.9. The normalized spacial score (nSPS) is 22.4. The van der Waals surface area contributed by atoms with Crippen molar-refractivity contribution >= 4 is 12.0 Å². The van der Waals surface area contributed by atoms with Gasteiger partial charge >= 0.3 is 6.09 Å². The highest BCUT2D eigenvalue weighted by atomic mass is 16.6. The zero-order valence-corrected chi connectivity index (χ0v) is 18.6. The Morgan fingerprint density at radius 2 is 1.97 bits per heavy atom. The minimum absolute atomic E-state index is 0.0300. The summed E-state index contributed by atoms with van der Waals surface area (Å²) in [6, 6.07) is 5.82. The predicted molar refractivity (Wildman–Crippen MR) is 114 cm³/mol. The number of hydrogen-bond donors (Lipinski definition) is 2. The van der Waals surface area contributed by atoms with Gasteiger partial charge in [-0.2, -0.15) is 0 Å². The molecule has 170 valence electrons. The van der Waals surface area contributed by atoms with Crippen molar-refractivity contribution in [3.63, 3.8) is 0 Å². The SMILES string of the molecule is CC(C)(C)OC(=O)N1CCC2(CC1)CC2C(=O)N1CCOc2cc(CNO)ccc2C1. The van der Waals surface area contributed by atoms with Gasteiger partial charge in [0.1, 0.15) is 18.0 Å². The lowest BCUT2D eigenvalue weighted by Crippen LogP contribution is -2.43. The minimum atomic E-state index is -0.495. The molecule has 3 aliphatic rings. The molecule has 1 atom stereocenters. The number of carbonyl (C=O) groups is 2. The van der Waals surface area contributed by atoms with Gasteiger partial charge in [0, 0.05) is 37.7 Å². The highest BCUT2D eigenvalue weighted by Gasteiger charge is 2.59. The number of carbonyl (C=O) groups excluding carboxylic acids is 2. The number of amides is 2. The molecule has 4 rings (SSSR count). The molecule has 0 aromatic heterocycles. The topological polar surface area (TPSA) is 91.3 Å². The van der Waals surface area contributed by atoms with Gasteiger partial charge < -0.3 is 24.5 Å². The van der Waals surface area contributed by atoms with Crippen molar-refractivity contribution in [3.05, 3.63) is 29.3 Å². The smallest absolute Gasteiger partial charge is 0.410 e. The maximum Gasteiger partial charge on any atom is 0.410 e. The first-order chi connectivity index (χ1) is 14.7. The molecule has 1 saturated heterocycles. The number of piperidine rings is 1. The molecule has 2 heterocycles. The predicted octanol–water partition coefficient (Wildman–Crippen LogP) is 2.92. The van der Waals surface area contributed by atoms with E-state index in [1.165, 1.54) is 0 Å². The summed E-state index contributed by atoms with van der Waals surface area (Å²) in [5, 5.41) is 8.91. The zero-order chi connectivity index (χ0) is 22.2. The highest BCUT2D eigenvalue weighted by Crippen LogP contribution is 2.60. The summed E-state index contributed by atoms with van der Waals surface area (Å²) in [5.41, 5.74) is 3.61. The fraction of sp³-hybridized carbons (Fsp3) is 0.652. The van der Waals surface area contributed by atoms with E-state index in [1.54, 1.807) is 4.90 Å². The summed E-state index contributed by atoms with van der Waals surface area (Å²) in [6.07, 6.45) is 2.34. The van der Waals surface area contributed by atoms with E-state index in [2.05, 4.69) is 5.48 Å². The summed E-state index contributed by atoms with van der Waals surface area (Å²) >= 11 is 0. The molecule has 2 aliphatic heterocycles. The minimum Gasteiger partial charge on any atom is -0.491 e. The molecule has 31 heavy (non-hydrogen) atoms. The van der Waals surface area contributed by atoms with E-state index in [0.29, 0.717) is 39.3 Å². The molecule has 1 aromatic carbocycles. The highest BCUT2D eigenvalue weighted by molar-refractivity contribution is 5.83. The molecule has 2 fully saturated rings. The van der Waals surface area contributed by atoms with Gasteiger partial charge in [-0.05, 0) is 57.1 Å². The third kappa shape index (κ3) is 4.80. The summed E-state index contributed by atoms with van der Waals surface area (Å²) in [7, 11) is 0. The molecule has 0 radical (unpaired) electrons. The van der Waals surface area contributed by atoms with Crippen molar-refractivity contribution in [1.82, 2.24) is 15.3 Å². The number of hydrogen-bond acceptors (Lipinski definition) is 6. The molecule has 1 aromatic rings. The number of nitrogens with one attached hydrogen (secondary N) is 1. The van der Waals surface area contributed by atoms with Gasteiger partial charge in [-0.25, -0.2) is 10.3 Å². The Bertz CT molecular complexity index is 842.